The molecule has 1 aliphatic rings. The van der Waals surface area contributed by atoms with Crippen molar-refractivity contribution in [3.63, 3.8) is 0 Å². The third-order valence-electron chi connectivity index (χ3n) is 2.38. The lowest BCUT2D eigenvalue weighted by Crippen LogP contribution is -2.17. The molecule has 94 valence electrons. The lowest BCUT2D eigenvalue weighted by molar-refractivity contribution is -0.109. The lowest BCUT2D eigenvalue weighted by Gasteiger charge is -2.11. The van der Waals surface area contributed by atoms with Gasteiger partial charge >= 0.3 is 0 Å². The molecule has 0 amide bonds. The Morgan fingerprint density at radius 1 is 1.50 bits per heavy atom. The minimum atomic E-state index is -0.252. The Morgan fingerprint density at radius 3 is 2.72 bits per heavy atom. The van der Waals surface area contributed by atoms with Crippen LogP contribution in [0.4, 0.5) is 0 Å². The summed E-state index contributed by atoms with van der Waals surface area (Å²) in [4.78, 5) is 15.6. The van der Waals surface area contributed by atoms with Gasteiger partial charge in [-0.2, -0.15) is 0 Å². The van der Waals surface area contributed by atoms with Gasteiger partial charge in [-0.25, -0.2) is 4.99 Å². The standard InChI is InChI=1S/C13H12BrNO2S/c1-3-11-13(18-8(2)16)15-12(17-11)9-4-6-10(14)7-5-9/h3-7,11,13H,1H2,2H3/t11-,13-/m0/s1. The molecule has 1 heterocycles. The van der Waals surface area contributed by atoms with Gasteiger partial charge in [0.1, 0.15) is 5.37 Å². The Kier molecular flexibility index (Phi) is 4.24. The summed E-state index contributed by atoms with van der Waals surface area (Å²) in [7, 11) is 0. The van der Waals surface area contributed by atoms with E-state index in [9.17, 15) is 4.79 Å². The number of carbonyl (C=O) groups excluding carboxylic acids is 1. The summed E-state index contributed by atoms with van der Waals surface area (Å²) in [6.45, 7) is 5.24. The van der Waals surface area contributed by atoms with Crippen LogP contribution in [-0.2, 0) is 9.53 Å². The average Bonchev–Trinajstić information content (AvgIpc) is 2.72. The monoisotopic (exact) mass is 325 g/mol. The topological polar surface area (TPSA) is 38.7 Å². The van der Waals surface area contributed by atoms with Crippen LogP contribution in [0.15, 0.2) is 46.4 Å². The van der Waals surface area contributed by atoms with Gasteiger partial charge in [-0.3, -0.25) is 4.79 Å². The van der Waals surface area contributed by atoms with Gasteiger partial charge in [0, 0.05) is 17.0 Å². The predicted molar refractivity (Wildman–Crippen MR) is 77.8 cm³/mol. The Balaban J connectivity index is 2.21. The SMILES string of the molecule is C=C[C@@H]1OC(c2ccc(Br)cc2)=N[C@H]1SC(C)=O. The first-order valence-corrected chi connectivity index (χ1v) is 7.07. The Labute approximate surface area is 118 Å². The van der Waals surface area contributed by atoms with Gasteiger partial charge in [0.25, 0.3) is 0 Å². The van der Waals surface area contributed by atoms with Crippen molar-refractivity contribution in [1.29, 1.82) is 0 Å². The number of thioether (sulfide) groups is 1. The highest BCUT2D eigenvalue weighted by molar-refractivity contribution is 9.10. The molecule has 0 saturated carbocycles. The molecule has 0 aromatic heterocycles. The summed E-state index contributed by atoms with van der Waals surface area (Å²) in [6, 6.07) is 7.69. The maximum Gasteiger partial charge on any atom is 0.218 e. The number of carbonyl (C=O) groups is 1. The molecule has 5 heteroatoms. The molecule has 18 heavy (non-hydrogen) atoms. The highest BCUT2D eigenvalue weighted by Crippen LogP contribution is 2.28. The number of hydrogen-bond acceptors (Lipinski definition) is 4. The Morgan fingerprint density at radius 2 is 2.17 bits per heavy atom. The lowest BCUT2D eigenvalue weighted by atomic mass is 10.2. The fraction of sp³-hybridized carbons (Fsp3) is 0.231. The third kappa shape index (κ3) is 3.03. The molecule has 0 unspecified atom stereocenters. The smallest absolute Gasteiger partial charge is 0.218 e. The van der Waals surface area contributed by atoms with Gasteiger partial charge in [-0.1, -0.05) is 34.3 Å². The van der Waals surface area contributed by atoms with Gasteiger partial charge in [-0.15, -0.1) is 0 Å². The minimum absolute atomic E-state index is 0.0243. The normalized spacial score (nSPS) is 22.2. The van der Waals surface area contributed by atoms with E-state index in [4.69, 9.17) is 4.74 Å². The number of halogens is 1. The molecular formula is C13H12BrNO2S. The predicted octanol–water partition coefficient (Wildman–Crippen LogP) is 3.39. The van der Waals surface area contributed by atoms with Crippen LogP contribution in [-0.4, -0.2) is 22.5 Å². The van der Waals surface area contributed by atoms with Crippen molar-refractivity contribution < 1.29 is 9.53 Å². The van der Waals surface area contributed by atoms with Crippen LogP contribution in [0.1, 0.15) is 12.5 Å². The van der Waals surface area contributed by atoms with Crippen LogP contribution in [0, 0.1) is 0 Å². The molecule has 1 aliphatic heterocycles. The zero-order valence-electron chi connectivity index (χ0n) is 9.80. The van der Waals surface area contributed by atoms with Crippen molar-refractivity contribution in [1.82, 2.24) is 0 Å². The zero-order valence-corrected chi connectivity index (χ0v) is 12.2. The van der Waals surface area contributed by atoms with E-state index in [1.54, 1.807) is 6.08 Å². The van der Waals surface area contributed by atoms with Crippen LogP contribution in [0.25, 0.3) is 0 Å². The summed E-state index contributed by atoms with van der Waals surface area (Å²) in [5, 5.41) is -0.213. The second kappa shape index (κ2) is 5.71. The summed E-state index contributed by atoms with van der Waals surface area (Å²) < 4.78 is 6.69. The van der Waals surface area contributed by atoms with Crippen molar-refractivity contribution in [3.05, 3.63) is 47.0 Å². The molecule has 0 bridgehead atoms. The van der Waals surface area contributed by atoms with Crippen molar-refractivity contribution in [2.75, 3.05) is 0 Å². The molecule has 0 N–H and O–H groups in total. The molecule has 1 aromatic carbocycles. The maximum absolute atomic E-state index is 11.1. The number of aliphatic imine (C=N–C) groups is 1. The van der Waals surface area contributed by atoms with Crippen molar-refractivity contribution in [2.45, 2.75) is 18.4 Å². The number of rotatable bonds is 3. The summed E-state index contributed by atoms with van der Waals surface area (Å²) in [6.07, 6.45) is 1.42. The van der Waals surface area contributed by atoms with Gasteiger partial charge in [0.05, 0.1) is 0 Å². The van der Waals surface area contributed by atoms with E-state index in [0.29, 0.717) is 5.90 Å². The number of benzene rings is 1. The summed E-state index contributed by atoms with van der Waals surface area (Å²) in [5.74, 6) is 0.561. The second-order valence-electron chi connectivity index (χ2n) is 3.76. The first kappa shape index (κ1) is 13.4. The highest BCUT2D eigenvalue weighted by Gasteiger charge is 2.30. The molecule has 0 aliphatic carbocycles. The van der Waals surface area contributed by atoms with Gasteiger partial charge < -0.3 is 4.74 Å². The number of nitrogens with zero attached hydrogens (tertiary/aromatic N) is 1. The van der Waals surface area contributed by atoms with Crippen LogP contribution < -0.4 is 0 Å². The maximum atomic E-state index is 11.1. The molecular weight excluding hydrogens is 314 g/mol. The number of ether oxygens (including phenoxy) is 1. The van der Waals surface area contributed by atoms with Crippen molar-refractivity contribution in [2.24, 2.45) is 4.99 Å². The van der Waals surface area contributed by atoms with E-state index in [1.165, 1.54) is 6.92 Å². The van der Waals surface area contributed by atoms with Gasteiger partial charge in [-0.05, 0) is 30.3 Å². The molecule has 0 saturated heterocycles. The van der Waals surface area contributed by atoms with Crippen LogP contribution in [0.2, 0.25) is 0 Å². The van der Waals surface area contributed by atoms with Crippen LogP contribution in [0.5, 0.6) is 0 Å². The fourth-order valence-corrected chi connectivity index (χ4v) is 2.62. The van der Waals surface area contributed by atoms with E-state index in [1.807, 2.05) is 24.3 Å². The highest BCUT2D eigenvalue weighted by atomic mass is 79.9. The number of hydrogen-bond donors (Lipinski definition) is 0. The van der Waals surface area contributed by atoms with Gasteiger partial charge in [0.2, 0.25) is 5.90 Å². The average molecular weight is 326 g/mol. The largest absolute Gasteiger partial charge is 0.467 e. The van der Waals surface area contributed by atoms with Crippen LogP contribution >= 0.6 is 27.7 Å². The van der Waals surface area contributed by atoms with Crippen LogP contribution in [0.3, 0.4) is 0 Å². The molecule has 2 atom stereocenters. The molecule has 3 nitrogen and oxygen atoms in total. The van der Waals surface area contributed by atoms with E-state index in [2.05, 4.69) is 27.5 Å². The summed E-state index contributed by atoms with van der Waals surface area (Å²) >= 11 is 4.54. The molecule has 2 rings (SSSR count). The zero-order chi connectivity index (χ0) is 13.1. The van der Waals surface area contributed by atoms with E-state index in [-0.39, 0.29) is 16.6 Å². The first-order chi connectivity index (χ1) is 8.60. The molecule has 0 radical (unpaired) electrons. The third-order valence-corrected chi connectivity index (χ3v) is 3.86. The quantitative estimate of drug-likeness (QED) is 0.799. The summed E-state index contributed by atoms with van der Waals surface area (Å²) in [5.41, 5.74) is 0.900. The van der Waals surface area contributed by atoms with E-state index < -0.39 is 0 Å². The Hall–Kier alpha value is -1.07. The molecule has 1 aromatic rings. The Bertz CT molecular complexity index is 498. The first-order valence-electron chi connectivity index (χ1n) is 5.40. The molecule has 0 fully saturated rings. The van der Waals surface area contributed by atoms with Crippen molar-refractivity contribution in [3.8, 4) is 0 Å². The van der Waals surface area contributed by atoms with Gasteiger partial charge in [0.15, 0.2) is 11.2 Å². The van der Waals surface area contributed by atoms with Crippen molar-refractivity contribution >= 4 is 38.7 Å². The second-order valence-corrected chi connectivity index (χ2v) is 5.97. The molecule has 0 spiro atoms. The fourth-order valence-electron chi connectivity index (χ4n) is 1.57. The van der Waals surface area contributed by atoms with E-state index >= 15 is 0 Å². The minimum Gasteiger partial charge on any atom is -0.467 e. The van der Waals surface area contributed by atoms with E-state index in [0.717, 1.165) is 21.8 Å².